The van der Waals surface area contributed by atoms with Crippen molar-refractivity contribution in [2.75, 3.05) is 13.7 Å². The number of halogens is 2. The molecule has 2 rings (SSSR count). The van der Waals surface area contributed by atoms with E-state index in [1.165, 1.54) is 7.11 Å². The average Bonchev–Trinajstić information content (AvgIpc) is 2.81. The van der Waals surface area contributed by atoms with Crippen LogP contribution in [0, 0.1) is 0 Å². The molecule has 0 spiro atoms. The van der Waals surface area contributed by atoms with E-state index >= 15 is 0 Å². The predicted molar refractivity (Wildman–Crippen MR) is 69.3 cm³/mol. The van der Waals surface area contributed by atoms with Crippen LogP contribution in [0.1, 0.15) is 6.42 Å². The van der Waals surface area contributed by atoms with E-state index in [1.807, 2.05) is 0 Å². The van der Waals surface area contributed by atoms with Crippen molar-refractivity contribution in [3.8, 4) is 5.75 Å². The number of rotatable bonds is 3. The van der Waals surface area contributed by atoms with E-state index in [9.17, 15) is 4.79 Å². The molecule has 0 aromatic heterocycles. The highest BCUT2D eigenvalue weighted by Crippen LogP contribution is 2.29. The summed E-state index contributed by atoms with van der Waals surface area (Å²) in [5.41, 5.74) is 0. The van der Waals surface area contributed by atoms with Gasteiger partial charge in [-0.3, -0.25) is 4.79 Å². The molecule has 1 aliphatic heterocycles. The number of carbonyl (C=O) groups excluding carboxylic acids is 1. The summed E-state index contributed by atoms with van der Waals surface area (Å²) in [6, 6.07) is 4.72. The van der Waals surface area contributed by atoms with E-state index in [1.54, 1.807) is 18.2 Å². The number of carbonyl (C=O) groups is 1. The number of benzene rings is 1. The van der Waals surface area contributed by atoms with Crippen LogP contribution >= 0.6 is 23.2 Å². The van der Waals surface area contributed by atoms with Crippen molar-refractivity contribution in [2.24, 2.45) is 0 Å². The summed E-state index contributed by atoms with van der Waals surface area (Å²) in [5, 5.41) is 4.10. The van der Waals surface area contributed by atoms with Crippen molar-refractivity contribution >= 4 is 29.2 Å². The van der Waals surface area contributed by atoms with Gasteiger partial charge in [0.2, 0.25) is 0 Å². The average molecular weight is 290 g/mol. The first-order valence-electron chi connectivity index (χ1n) is 5.53. The molecule has 4 nitrogen and oxygen atoms in total. The predicted octanol–water partition coefficient (Wildman–Crippen LogP) is 2.28. The van der Waals surface area contributed by atoms with Crippen LogP contribution in [0.2, 0.25) is 10.0 Å². The molecule has 6 heteroatoms. The van der Waals surface area contributed by atoms with E-state index < -0.39 is 0 Å². The lowest BCUT2D eigenvalue weighted by atomic mass is 10.2. The van der Waals surface area contributed by atoms with Crippen molar-refractivity contribution in [2.45, 2.75) is 18.6 Å². The number of hydrogen-bond donors (Lipinski definition) is 1. The normalized spacial score (nSPS) is 22.8. The third-order valence-electron chi connectivity index (χ3n) is 2.76. The van der Waals surface area contributed by atoms with E-state index in [2.05, 4.69) is 10.1 Å². The van der Waals surface area contributed by atoms with Gasteiger partial charge in [-0.15, -0.1) is 0 Å². The van der Waals surface area contributed by atoms with Crippen LogP contribution < -0.4 is 10.1 Å². The Hall–Kier alpha value is -0.970. The van der Waals surface area contributed by atoms with Gasteiger partial charge in [0, 0.05) is 24.1 Å². The molecule has 1 aromatic carbocycles. The molecule has 1 aliphatic rings. The van der Waals surface area contributed by atoms with Crippen LogP contribution in [0.15, 0.2) is 18.2 Å². The van der Waals surface area contributed by atoms with Crippen molar-refractivity contribution in [1.29, 1.82) is 0 Å². The molecule has 0 amide bonds. The summed E-state index contributed by atoms with van der Waals surface area (Å²) in [6.07, 6.45) is 0.431. The third-order valence-corrected chi connectivity index (χ3v) is 3.31. The molecule has 0 unspecified atom stereocenters. The highest BCUT2D eigenvalue weighted by molar-refractivity contribution is 6.34. The zero-order chi connectivity index (χ0) is 13.1. The fourth-order valence-electron chi connectivity index (χ4n) is 1.86. The largest absolute Gasteiger partial charge is 0.487 e. The molecule has 0 aliphatic carbocycles. The summed E-state index contributed by atoms with van der Waals surface area (Å²) in [5.74, 6) is 0.250. The third kappa shape index (κ3) is 3.07. The second-order valence-electron chi connectivity index (χ2n) is 4.03. The Morgan fingerprint density at radius 3 is 2.94 bits per heavy atom. The molecular formula is C12H13Cl2NO3. The number of nitrogens with one attached hydrogen (secondary N) is 1. The van der Waals surface area contributed by atoms with Gasteiger partial charge in [-0.25, -0.2) is 0 Å². The van der Waals surface area contributed by atoms with Gasteiger partial charge in [0.1, 0.15) is 17.9 Å². The maximum absolute atomic E-state index is 11.3. The van der Waals surface area contributed by atoms with Crippen LogP contribution in [0.5, 0.6) is 5.75 Å². The molecule has 0 radical (unpaired) electrons. The molecule has 0 bridgehead atoms. The molecule has 1 saturated heterocycles. The van der Waals surface area contributed by atoms with E-state index in [-0.39, 0.29) is 18.1 Å². The van der Waals surface area contributed by atoms with Gasteiger partial charge in [0.15, 0.2) is 0 Å². The Labute approximate surface area is 115 Å². The maximum Gasteiger partial charge on any atom is 0.323 e. The topological polar surface area (TPSA) is 47.6 Å². The summed E-state index contributed by atoms with van der Waals surface area (Å²) in [4.78, 5) is 11.3. The summed E-state index contributed by atoms with van der Waals surface area (Å²) in [6.45, 7) is 0.572. The first-order valence-corrected chi connectivity index (χ1v) is 6.28. The number of methoxy groups -OCH3 is 1. The van der Waals surface area contributed by atoms with Crippen molar-refractivity contribution in [1.82, 2.24) is 5.32 Å². The van der Waals surface area contributed by atoms with Gasteiger partial charge < -0.3 is 14.8 Å². The molecule has 2 atom stereocenters. The second kappa shape index (κ2) is 5.78. The molecule has 1 heterocycles. The maximum atomic E-state index is 11.3. The first kappa shape index (κ1) is 13.5. The molecule has 1 N–H and O–H groups in total. The Bertz CT molecular complexity index is 453. The van der Waals surface area contributed by atoms with Crippen LogP contribution in [-0.4, -0.2) is 31.8 Å². The van der Waals surface area contributed by atoms with Gasteiger partial charge in [0.05, 0.1) is 12.1 Å². The van der Waals surface area contributed by atoms with Crippen molar-refractivity contribution in [3.63, 3.8) is 0 Å². The highest BCUT2D eigenvalue weighted by Gasteiger charge is 2.31. The molecule has 98 valence electrons. The monoisotopic (exact) mass is 289 g/mol. The number of ether oxygens (including phenoxy) is 2. The zero-order valence-corrected chi connectivity index (χ0v) is 11.3. The van der Waals surface area contributed by atoms with Crippen LogP contribution in [0.3, 0.4) is 0 Å². The lowest BCUT2D eigenvalue weighted by Crippen LogP contribution is -2.31. The standard InChI is InChI=1S/C12H13Cl2NO3/c1-17-12(16)10-5-8(6-15-10)18-11-4-7(13)2-3-9(11)14/h2-4,8,10,15H,5-6H2,1H3/t8-,10-/m0/s1. The Kier molecular flexibility index (Phi) is 4.32. The minimum atomic E-state index is -0.321. The van der Waals surface area contributed by atoms with E-state index in [0.717, 1.165) is 0 Å². The molecular weight excluding hydrogens is 277 g/mol. The number of esters is 1. The fourth-order valence-corrected chi connectivity index (χ4v) is 2.19. The summed E-state index contributed by atoms with van der Waals surface area (Å²) < 4.78 is 10.4. The molecule has 1 fully saturated rings. The van der Waals surface area contributed by atoms with E-state index in [0.29, 0.717) is 28.8 Å². The molecule has 0 saturated carbocycles. The second-order valence-corrected chi connectivity index (χ2v) is 4.88. The van der Waals surface area contributed by atoms with Crippen LogP contribution in [0.25, 0.3) is 0 Å². The highest BCUT2D eigenvalue weighted by atomic mass is 35.5. The van der Waals surface area contributed by atoms with Crippen LogP contribution in [0.4, 0.5) is 0 Å². The van der Waals surface area contributed by atoms with Gasteiger partial charge in [-0.1, -0.05) is 23.2 Å². The first-order chi connectivity index (χ1) is 8.60. The Morgan fingerprint density at radius 1 is 1.44 bits per heavy atom. The fraction of sp³-hybridized carbons (Fsp3) is 0.417. The molecule has 1 aromatic rings. The molecule has 18 heavy (non-hydrogen) atoms. The minimum Gasteiger partial charge on any atom is -0.487 e. The quantitative estimate of drug-likeness (QED) is 0.868. The smallest absolute Gasteiger partial charge is 0.323 e. The van der Waals surface area contributed by atoms with Gasteiger partial charge in [-0.2, -0.15) is 0 Å². The summed E-state index contributed by atoms with van der Waals surface area (Å²) in [7, 11) is 1.37. The Morgan fingerprint density at radius 2 is 2.22 bits per heavy atom. The van der Waals surface area contributed by atoms with Crippen LogP contribution in [-0.2, 0) is 9.53 Å². The van der Waals surface area contributed by atoms with Crippen molar-refractivity contribution in [3.05, 3.63) is 28.2 Å². The lowest BCUT2D eigenvalue weighted by molar-refractivity contribution is -0.142. The van der Waals surface area contributed by atoms with Gasteiger partial charge in [0.25, 0.3) is 0 Å². The lowest BCUT2D eigenvalue weighted by Gasteiger charge is -2.14. The number of hydrogen-bond acceptors (Lipinski definition) is 4. The zero-order valence-electron chi connectivity index (χ0n) is 9.78. The van der Waals surface area contributed by atoms with Crippen molar-refractivity contribution < 1.29 is 14.3 Å². The minimum absolute atomic E-state index is 0.120. The van der Waals surface area contributed by atoms with Gasteiger partial charge >= 0.3 is 5.97 Å². The van der Waals surface area contributed by atoms with E-state index in [4.69, 9.17) is 27.9 Å². The van der Waals surface area contributed by atoms with Gasteiger partial charge in [-0.05, 0) is 12.1 Å². The Balaban J connectivity index is 1.99. The SMILES string of the molecule is COC(=O)[C@@H]1C[C@H](Oc2cc(Cl)ccc2Cl)CN1. The summed E-state index contributed by atoms with van der Waals surface area (Å²) >= 11 is 11.9.